The lowest BCUT2D eigenvalue weighted by molar-refractivity contribution is 0.174. The van der Waals surface area contributed by atoms with E-state index in [2.05, 4.69) is 25.1 Å². The number of methoxy groups -OCH3 is 4. The molecule has 0 saturated carbocycles. The molecule has 2 aromatic carbocycles. The Morgan fingerprint density at radius 2 is 1.12 bits per heavy atom. The zero-order valence-electron chi connectivity index (χ0n) is 16.4. The molecule has 0 heterocycles. The van der Waals surface area contributed by atoms with Gasteiger partial charge in [0.2, 0.25) is 0 Å². The summed E-state index contributed by atoms with van der Waals surface area (Å²) in [6, 6.07) is 11.9. The van der Waals surface area contributed by atoms with Crippen molar-refractivity contribution in [1.82, 2.24) is 0 Å². The molecule has 0 aliphatic carbocycles. The number of aryl methyl sites for hydroxylation is 1. The lowest BCUT2D eigenvalue weighted by Gasteiger charge is -2.07. The Labute approximate surface area is 156 Å². The molecular weight excluding hydrogens is 332 g/mol. The van der Waals surface area contributed by atoms with Crippen molar-refractivity contribution in [2.24, 2.45) is 0 Å². The Hall–Kier alpha value is -1.92. The van der Waals surface area contributed by atoms with Gasteiger partial charge in [0, 0.05) is 39.6 Å². The second-order valence-electron chi connectivity index (χ2n) is 5.98. The number of aromatic hydroxyl groups is 1. The molecule has 2 aromatic rings. The number of para-hydroxylation sites is 1. The minimum absolute atomic E-state index is 0.270. The molecule has 26 heavy (non-hydrogen) atoms. The number of phenolic OH excluding ortho intramolecular Hbond substituents is 1. The van der Waals surface area contributed by atoms with Crippen molar-refractivity contribution >= 4 is 0 Å². The van der Waals surface area contributed by atoms with E-state index in [1.165, 1.54) is 16.7 Å². The van der Waals surface area contributed by atoms with Crippen LogP contribution in [0.2, 0.25) is 0 Å². The van der Waals surface area contributed by atoms with Crippen LogP contribution in [0.15, 0.2) is 36.4 Å². The van der Waals surface area contributed by atoms with Crippen LogP contribution in [-0.4, -0.2) is 33.5 Å². The van der Waals surface area contributed by atoms with Crippen molar-refractivity contribution in [3.05, 3.63) is 64.2 Å². The minimum atomic E-state index is 0.270. The Morgan fingerprint density at radius 1 is 0.692 bits per heavy atom. The first kappa shape index (κ1) is 22.1. The van der Waals surface area contributed by atoms with Crippen LogP contribution >= 0.6 is 0 Å². The van der Waals surface area contributed by atoms with Crippen LogP contribution in [0.25, 0.3) is 0 Å². The lowest BCUT2D eigenvalue weighted by atomic mass is 10.1. The number of phenols is 1. The topological polar surface area (TPSA) is 57.2 Å². The Morgan fingerprint density at radius 3 is 1.50 bits per heavy atom. The van der Waals surface area contributed by atoms with E-state index in [0.29, 0.717) is 26.4 Å². The van der Waals surface area contributed by atoms with Crippen LogP contribution in [0, 0.1) is 6.92 Å². The second-order valence-corrected chi connectivity index (χ2v) is 5.98. The minimum Gasteiger partial charge on any atom is -0.507 e. The number of rotatable bonds is 8. The van der Waals surface area contributed by atoms with Gasteiger partial charge >= 0.3 is 0 Å². The zero-order chi connectivity index (χ0) is 19.4. The van der Waals surface area contributed by atoms with Crippen molar-refractivity contribution in [3.63, 3.8) is 0 Å². The largest absolute Gasteiger partial charge is 0.507 e. The highest BCUT2D eigenvalue weighted by Crippen LogP contribution is 2.23. The maximum Gasteiger partial charge on any atom is 0.126 e. The van der Waals surface area contributed by atoms with E-state index in [1.54, 1.807) is 28.4 Å². The summed E-state index contributed by atoms with van der Waals surface area (Å²) in [5.74, 6) is 0.270. The molecule has 144 valence electrons. The summed E-state index contributed by atoms with van der Waals surface area (Å²) in [5, 5.41) is 9.69. The molecule has 2 rings (SSSR count). The molecule has 0 radical (unpaired) electrons. The van der Waals surface area contributed by atoms with Gasteiger partial charge in [-0.25, -0.2) is 0 Å². The first-order chi connectivity index (χ1) is 12.5. The predicted octanol–water partition coefficient (Wildman–Crippen LogP) is 3.97. The smallest absolute Gasteiger partial charge is 0.126 e. The first-order valence-electron chi connectivity index (χ1n) is 8.40. The maximum absolute atomic E-state index is 9.69. The van der Waals surface area contributed by atoms with Gasteiger partial charge in [0.15, 0.2) is 0 Å². The van der Waals surface area contributed by atoms with Gasteiger partial charge in [0.1, 0.15) is 5.75 Å². The third-order valence-electron chi connectivity index (χ3n) is 3.62. The van der Waals surface area contributed by atoms with E-state index in [9.17, 15) is 5.11 Å². The van der Waals surface area contributed by atoms with Crippen LogP contribution in [0.5, 0.6) is 5.75 Å². The summed E-state index contributed by atoms with van der Waals surface area (Å²) in [4.78, 5) is 0. The predicted molar refractivity (Wildman–Crippen MR) is 102 cm³/mol. The highest BCUT2D eigenvalue weighted by molar-refractivity contribution is 5.39. The molecule has 0 spiro atoms. The van der Waals surface area contributed by atoms with Crippen LogP contribution in [-0.2, 0) is 45.4 Å². The van der Waals surface area contributed by atoms with Gasteiger partial charge in [-0.15, -0.1) is 0 Å². The number of ether oxygens (including phenoxy) is 4. The van der Waals surface area contributed by atoms with Gasteiger partial charge in [0.05, 0.1) is 26.4 Å². The molecule has 0 bridgehead atoms. The summed E-state index contributed by atoms with van der Waals surface area (Å²) in [6.07, 6.45) is 0. The molecule has 5 heteroatoms. The highest BCUT2D eigenvalue weighted by Gasteiger charge is 2.05. The SMILES string of the molecule is COCc1cc(C)cc(COC)c1.COCc1cccc(COC)c1O. The summed E-state index contributed by atoms with van der Waals surface area (Å²) in [5.41, 5.74) is 5.24. The molecular formula is C21H30O5. The van der Waals surface area contributed by atoms with Gasteiger partial charge in [-0.05, 0) is 18.1 Å². The molecule has 0 amide bonds. The number of benzene rings is 2. The summed E-state index contributed by atoms with van der Waals surface area (Å²) in [6.45, 7) is 4.25. The van der Waals surface area contributed by atoms with E-state index < -0.39 is 0 Å². The quantitative estimate of drug-likeness (QED) is 0.770. The lowest BCUT2D eigenvalue weighted by Crippen LogP contribution is -1.93. The molecule has 1 N–H and O–H groups in total. The molecule has 0 unspecified atom stereocenters. The third-order valence-corrected chi connectivity index (χ3v) is 3.62. The highest BCUT2D eigenvalue weighted by atomic mass is 16.5. The number of hydrogen-bond donors (Lipinski definition) is 1. The summed E-state index contributed by atoms with van der Waals surface area (Å²) >= 11 is 0. The molecule has 5 nitrogen and oxygen atoms in total. The zero-order valence-corrected chi connectivity index (χ0v) is 16.4. The number of hydrogen-bond acceptors (Lipinski definition) is 5. The van der Waals surface area contributed by atoms with Gasteiger partial charge in [-0.1, -0.05) is 42.0 Å². The van der Waals surface area contributed by atoms with E-state index in [-0.39, 0.29) is 5.75 Å². The third kappa shape index (κ3) is 7.54. The maximum atomic E-state index is 9.69. The molecule has 0 aliphatic rings. The monoisotopic (exact) mass is 362 g/mol. The molecule has 0 aliphatic heterocycles. The van der Waals surface area contributed by atoms with E-state index in [0.717, 1.165) is 11.1 Å². The van der Waals surface area contributed by atoms with Gasteiger partial charge < -0.3 is 24.1 Å². The fourth-order valence-electron chi connectivity index (χ4n) is 2.64. The van der Waals surface area contributed by atoms with Crippen LogP contribution in [0.4, 0.5) is 0 Å². The van der Waals surface area contributed by atoms with Crippen molar-refractivity contribution in [2.45, 2.75) is 33.4 Å². The molecule has 0 atom stereocenters. The van der Waals surface area contributed by atoms with Gasteiger partial charge in [-0.2, -0.15) is 0 Å². The summed E-state index contributed by atoms with van der Waals surface area (Å²) < 4.78 is 20.0. The molecule has 0 aromatic heterocycles. The van der Waals surface area contributed by atoms with E-state index in [4.69, 9.17) is 18.9 Å². The fraction of sp³-hybridized carbons (Fsp3) is 0.429. The van der Waals surface area contributed by atoms with Gasteiger partial charge in [0.25, 0.3) is 0 Å². The van der Waals surface area contributed by atoms with Crippen LogP contribution < -0.4 is 0 Å². The Balaban J connectivity index is 0.000000260. The van der Waals surface area contributed by atoms with Crippen LogP contribution in [0.1, 0.15) is 27.8 Å². The first-order valence-corrected chi connectivity index (χ1v) is 8.40. The Bertz CT molecular complexity index is 606. The summed E-state index contributed by atoms with van der Waals surface area (Å²) in [7, 11) is 6.61. The van der Waals surface area contributed by atoms with Crippen molar-refractivity contribution in [3.8, 4) is 5.75 Å². The Kier molecular flexibility index (Phi) is 10.6. The van der Waals surface area contributed by atoms with E-state index >= 15 is 0 Å². The normalized spacial score (nSPS) is 10.3. The van der Waals surface area contributed by atoms with Crippen molar-refractivity contribution in [2.75, 3.05) is 28.4 Å². The average molecular weight is 362 g/mol. The second kappa shape index (κ2) is 12.4. The van der Waals surface area contributed by atoms with Crippen molar-refractivity contribution < 1.29 is 24.1 Å². The molecule has 0 saturated heterocycles. The molecule has 0 fully saturated rings. The fourth-order valence-corrected chi connectivity index (χ4v) is 2.64. The van der Waals surface area contributed by atoms with Crippen molar-refractivity contribution in [1.29, 1.82) is 0 Å². The van der Waals surface area contributed by atoms with Crippen LogP contribution in [0.3, 0.4) is 0 Å². The average Bonchev–Trinajstić information content (AvgIpc) is 2.59. The van der Waals surface area contributed by atoms with E-state index in [1.807, 2.05) is 18.2 Å². The van der Waals surface area contributed by atoms with Gasteiger partial charge in [-0.3, -0.25) is 0 Å². The standard InChI is InChI=1S/C11H16O2.C10H14O3/c1-9-4-10(7-12-2)6-11(5-9)8-13-3;1-12-6-8-4-3-5-9(7-13-2)10(8)11/h4-6H,7-8H2,1-3H3;3-5,11H,6-7H2,1-2H3.